The third kappa shape index (κ3) is 5.55. The van der Waals surface area contributed by atoms with Crippen LogP contribution >= 0.6 is 24.8 Å². The Morgan fingerprint density at radius 1 is 1.18 bits per heavy atom. The number of amides is 1. The van der Waals surface area contributed by atoms with E-state index in [0.717, 1.165) is 50.9 Å². The molecule has 1 aliphatic carbocycles. The van der Waals surface area contributed by atoms with Gasteiger partial charge >= 0.3 is 0 Å². The summed E-state index contributed by atoms with van der Waals surface area (Å²) in [6.07, 6.45) is 8.13. The normalized spacial score (nSPS) is 29.5. The van der Waals surface area contributed by atoms with Crippen LogP contribution in [-0.4, -0.2) is 48.6 Å². The molecule has 0 aromatic heterocycles. The monoisotopic (exact) mass is 351 g/mol. The van der Waals surface area contributed by atoms with Crippen molar-refractivity contribution in [1.29, 1.82) is 0 Å². The van der Waals surface area contributed by atoms with E-state index in [1.807, 2.05) is 0 Å². The largest absolute Gasteiger partial charge is 0.352 e. The van der Waals surface area contributed by atoms with Gasteiger partial charge in [0.25, 0.3) is 0 Å². The molecule has 6 heteroatoms. The van der Waals surface area contributed by atoms with Crippen molar-refractivity contribution in [3.05, 3.63) is 0 Å². The molecule has 4 nitrogen and oxygen atoms in total. The minimum absolute atomic E-state index is 0. The SMILES string of the molecule is CC1CC(NC(=O)CCC2CCNCC2)CN1C1CC1.Cl.Cl. The second-order valence-corrected chi connectivity index (χ2v) is 7.01. The van der Waals surface area contributed by atoms with Crippen LogP contribution < -0.4 is 10.6 Å². The Hall–Kier alpha value is -0.0300. The van der Waals surface area contributed by atoms with Gasteiger partial charge in [0.15, 0.2) is 0 Å². The van der Waals surface area contributed by atoms with E-state index in [2.05, 4.69) is 22.5 Å². The van der Waals surface area contributed by atoms with E-state index in [4.69, 9.17) is 0 Å². The molecular formula is C16H31Cl2N3O. The molecule has 0 spiro atoms. The van der Waals surface area contributed by atoms with Gasteiger partial charge in [-0.3, -0.25) is 9.69 Å². The molecule has 2 saturated heterocycles. The number of nitrogens with one attached hydrogen (secondary N) is 2. The molecule has 22 heavy (non-hydrogen) atoms. The molecule has 1 amide bonds. The molecule has 2 atom stereocenters. The molecule has 0 aromatic carbocycles. The first-order valence-corrected chi connectivity index (χ1v) is 8.48. The Morgan fingerprint density at radius 2 is 1.86 bits per heavy atom. The van der Waals surface area contributed by atoms with Gasteiger partial charge in [0.05, 0.1) is 0 Å². The molecular weight excluding hydrogens is 321 g/mol. The Labute approximate surface area is 147 Å². The Kier molecular flexibility index (Phi) is 8.47. The number of piperidine rings is 1. The van der Waals surface area contributed by atoms with Crippen molar-refractivity contribution in [3.63, 3.8) is 0 Å². The summed E-state index contributed by atoms with van der Waals surface area (Å²) in [5.74, 6) is 1.03. The zero-order chi connectivity index (χ0) is 13.9. The van der Waals surface area contributed by atoms with Crippen molar-refractivity contribution >= 4 is 30.7 Å². The molecule has 2 aliphatic heterocycles. The molecule has 0 radical (unpaired) electrons. The quantitative estimate of drug-likeness (QED) is 0.798. The first-order chi connectivity index (χ1) is 9.72. The molecule has 1 saturated carbocycles. The number of hydrogen-bond donors (Lipinski definition) is 2. The summed E-state index contributed by atoms with van der Waals surface area (Å²) in [5.41, 5.74) is 0. The van der Waals surface area contributed by atoms with Crippen molar-refractivity contribution in [2.24, 2.45) is 5.92 Å². The molecule has 2 unspecified atom stereocenters. The van der Waals surface area contributed by atoms with Crippen LogP contribution in [0.3, 0.4) is 0 Å². The maximum Gasteiger partial charge on any atom is 0.220 e. The number of carbonyl (C=O) groups excluding carboxylic acids is 1. The number of carbonyl (C=O) groups is 1. The van der Waals surface area contributed by atoms with Gasteiger partial charge in [-0.05, 0) is 64.5 Å². The lowest BCUT2D eigenvalue weighted by Gasteiger charge is -2.22. The van der Waals surface area contributed by atoms with E-state index in [1.165, 1.54) is 25.7 Å². The predicted molar refractivity (Wildman–Crippen MR) is 95.1 cm³/mol. The molecule has 3 rings (SSSR count). The summed E-state index contributed by atoms with van der Waals surface area (Å²) in [6, 6.07) is 1.87. The van der Waals surface area contributed by atoms with Crippen molar-refractivity contribution in [2.75, 3.05) is 19.6 Å². The van der Waals surface area contributed by atoms with E-state index >= 15 is 0 Å². The predicted octanol–water partition coefficient (Wildman–Crippen LogP) is 2.35. The Bertz CT molecular complexity index is 346. The van der Waals surface area contributed by atoms with Gasteiger partial charge in [-0.2, -0.15) is 0 Å². The van der Waals surface area contributed by atoms with Gasteiger partial charge in [0, 0.05) is 31.1 Å². The van der Waals surface area contributed by atoms with Crippen LogP contribution in [0, 0.1) is 5.92 Å². The second-order valence-electron chi connectivity index (χ2n) is 7.01. The van der Waals surface area contributed by atoms with Crippen LogP contribution in [0.1, 0.15) is 51.9 Å². The zero-order valence-electron chi connectivity index (χ0n) is 13.6. The van der Waals surface area contributed by atoms with Crippen LogP contribution in [0.4, 0.5) is 0 Å². The van der Waals surface area contributed by atoms with Gasteiger partial charge in [0.1, 0.15) is 0 Å². The minimum Gasteiger partial charge on any atom is -0.352 e. The van der Waals surface area contributed by atoms with Crippen molar-refractivity contribution in [3.8, 4) is 0 Å². The maximum absolute atomic E-state index is 12.1. The van der Waals surface area contributed by atoms with Gasteiger partial charge in [-0.1, -0.05) is 0 Å². The standard InChI is InChI=1S/C16H29N3O.2ClH/c1-12-10-14(11-19(12)15-3-4-15)18-16(20)5-2-13-6-8-17-9-7-13;;/h12-15,17H,2-11H2,1H3,(H,18,20);2*1H. The fraction of sp³-hybridized carbons (Fsp3) is 0.938. The van der Waals surface area contributed by atoms with Gasteiger partial charge in [-0.15, -0.1) is 24.8 Å². The smallest absolute Gasteiger partial charge is 0.220 e. The zero-order valence-corrected chi connectivity index (χ0v) is 15.2. The highest BCUT2D eigenvalue weighted by Gasteiger charge is 2.39. The lowest BCUT2D eigenvalue weighted by Crippen LogP contribution is -2.38. The Balaban J connectivity index is 0.00000121. The number of hydrogen-bond acceptors (Lipinski definition) is 3. The van der Waals surface area contributed by atoms with E-state index in [9.17, 15) is 4.79 Å². The number of halogens is 2. The van der Waals surface area contributed by atoms with Crippen molar-refractivity contribution in [1.82, 2.24) is 15.5 Å². The summed E-state index contributed by atoms with van der Waals surface area (Å²) in [5, 5.41) is 6.65. The highest BCUT2D eigenvalue weighted by molar-refractivity contribution is 5.85. The fourth-order valence-corrected chi connectivity index (χ4v) is 3.88. The molecule has 3 fully saturated rings. The topological polar surface area (TPSA) is 44.4 Å². The first kappa shape index (κ1) is 20.0. The van der Waals surface area contributed by atoms with Crippen molar-refractivity contribution < 1.29 is 4.79 Å². The summed E-state index contributed by atoms with van der Waals surface area (Å²) in [7, 11) is 0. The van der Waals surface area contributed by atoms with Crippen LogP contribution in [0.25, 0.3) is 0 Å². The highest BCUT2D eigenvalue weighted by atomic mass is 35.5. The average Bonchev–Trinajstić information content (AvgIpc) is 3.22. The van der Waals surface area contributed by atoms with Crippen LogP contribution in [0.5, 0.6) is 0 Å². The van der Waals surface area contributed by atoms with Gasteiger partial charge in [0.2, 0.25) is 5.91 Å². The van der Waals surface area contributed by atoms with E-state index in [0.29, 0.717) is 12.1 Å². The van der Waals surface area contributed by atoms with E-state index < -0.39 is 0 Å². The van der Waals surface area contributed by atoms with E-state index in [1.54, 1.807) is 0 Å². The molecule has 0 aromatic rings. The lowest BCUT2D eigenvalue weighted by molar-refractivity contribution is -0.122. The maximum atomic E-state index is 12.1. The van der Waals surface area contributed by atoms with Gasteiger partial charge in [-0.25, -0.2) is 0 Å². The number of likely N-dealkylation sites (tertiary alicyclic amines) is 1. The third-order valence-corrected chi connectivity index (χ3v) is 5.24. The molecule has 2 N–H and O–H groups in total. The molecule has 3 aliphatic rings. The Morgan fingerprint density at radius 3 is 2.50 bits per heavy atom. The summed E-state index contributed by atoms with van der Waals surface area (Å²) >= 11 is 0. The molecule has 2 heterocycles. The molecule has 0 bridgehead atoms. The van der Waals surface area contributed by atoms with E-state index in [-0.39, 0.29) is 30.7 Å². The summed E-state index contributed by atoms with van der Waals surface area (Å²) < 4.78 is 0. The third-order valence-electron chi connectivity index (χ3n) is 5.24. The van der Waals surface area contributed by atoms with Gasteiger partial charge < -0.3 is 10.6 Å². The molecule has 130 valence electrons. The fourth-order valence-electron chi connectivity index (χ4n) is 3.88. The van der Waals surface area contributed by atoms with Crippen LogP contribution in [0.15, 0.2) is 0 Å². The van der Waals surface area contributed by atoms with Crippen LogP contribution in [-0.2, 0) is 4.79 Å². The summed E-state index contributed by atoms with van der Waals surface area (Å²) in [4.78, 5) is 14.7. The average molecular weight is 352 g/mol. The lowest BCUT2D eigenvalue weighted by atomic mass is 9.93. The van der Waals surface area contributed by atoms with Crippen molar-refractivity contribution in [2.45, 2.75) is 70.0 Å². The highest BCUT2D eigenvalue weighted by Crippen LogP contribution is 2.33. The number of nitrogens with zero attached hydrogens (tertiary/aromatic N) is 1. The number of rotatable bonds is 5. The minimum atomic E-state index is 0. The second kappa shape index (κ2) is 9.31. The first-order valence-electron chi connectivity index (χ1n) is 8.48. The van der Waals surface area contributed by atoms with Crippen LogP contribution in [0.2, 0.25) is 0 Å². The summed E-state index contributed by atoms with van der Waals surface area (Å²) in [6.45, 7) is 5.63.